The average molecular weight is 333 g/mol. The molecular formula is C18H23NO3S. The van der Waals surface area contributed by atoms with Gasteiger partial charge in [-0.05, 0) is 25.0 Å². The van der Waals surface area contributed by atoms with Crippen molar-refractivity contribution >= 4 is 20.8 Å². The van der Waals surface area contributed by atoms with E-state index in [2.05, 4.69) is 4.72 Å². The Morgan fingerprint density at radius 1 is 0.957 bits per heavy atom. The molecule has 5 heteroatoms. The fraction of sp³-hybridized carbons (Fsp3) is 0.444. The van der Waals surface area contributed by atoms with Crippen molar-refractivity contribution in [1.82, 2.24) is 4.72 Å². The van der Waals surface area contributed by atoms with Crippen LogP contribution >= 0.6 is 0 Å². The van der Waals surface area contributed by atoms with E-state index < -0.39 is 10.0 Å². The Kier molecular flexibility index (Phi) is 4.87. The molecule has 1 fully saturated rings. The molecule has 0 unspecified atom stereocenters. The third-order valence-electron chi connectivity index (χ3n) is 4.53. The zero-order valence-electron chi connectivity index (χ0n) is 13.4. The first kappa shape index (κ1) is 16.3. The fourth-order valence-electron chi connectivity index (χ4n) is 3.34. The highest BCUT2D eigenvalue weighted by atomic mass is 32.2. The van der Waals surface area contributed by atoms with Crippen molar-refractivity contribution in [3.8, 4) is 5.75 Å². The van der Waals surface area contributed by atoms with Crippen molar-refractivity contribution < 1.29 is 13.2 Å². The second-order valence-corrected chi connectivity index (χ2v) is 7.80. The molecule has 23 heavy (non-hydrogen) atoms. The van der Waals surface area contributed by atoms with E-state index in [-0.39, 0.29) is 6.04 Å². The summed E-state index contributed by atoms with van der Waals surface area (Å²) in [7, 11) is -1.94. The van der Waals surface area contributed by atoms with Crippen LogP contribution in [0.25, 0.3) is 10.8 Å². The molecule has 0 radical (unpaired) electrons. The molecule has 1 aliphatic rings. The Bertz CT molecular complexity index is 778. The molecule has 3 rings (SSSR count). The molecule has 0 bridgehead atoms. The molecule has 0 amide bonds. The summed E-state index contributed by atoms with van der Waals surface area (Å²) < 4.78 is 34.0. The van der Waals surface area contributed by atoms with Crippen LogP contribution in [0, 0.1) is 0 Å². The highest BCUT2D eigenvalue weighted by Gasteiger charge is 2.23. The second kappa shape index (κ2) is 6.89. The van der Waals surface area contributed by atoms with Crippen LogP contribution in [-0.2, 0) is 10.0 Å². The summed E-state index contributed by atoms with van der Waals surface area (Å²) in [5.74, 6) is 0.689. The van der Waals surface area contributed by atoms with E-state index in [1.807, 2.05) is 24.3 Å². The maximum atomic E-state index is 12.9. The number of benzene rings is 2. The van der Waals surface area contributed by atoms with Gasteiger partial charge >= 0.3 is 0 Å². The summed E-state index contributed by atoms with van der Waals surface area (Å²) in [5, 5.41) is 1.52. The number of ether oxygens (including phenoxy) is 1. The molecule has 4 nitrogen and oxygen atoms in total. The van der Waals surface area contributed by atoms with Gasteiger partial charge in [0, 0.05) is 16.8 Å². The third-order valence-corrected chi connectivity index (χ3v) is 6.11. The van der Waals surface area contributed by atoms with Gasteiger partial charge in [-0.2, -0.15) is 0 Å². The summed E-state index contributed by atoms with van der Waals surface area (Å²) >= 11 is 0. The number of methoxy groups -OCH3 is 1. The fourth-order valence-corrected chi connectivity index (χ4v) is 4.85. The van der Waals surface area contributed by atoms with Crippen LogP contribution in [0.15, 0.2) is 41.3 Å². The first-order valence-corrected chi connectivity index (χ1v) is 9.68. The molecule has 1 N–H and O–H groups in total. The minimum absolute atomic E-state index is 0.0448. The Balaban J connectivity index is 1.98. The Labute approximate surface area is 137 Å². The van der Waals surface area contributed by atoms with Crippen molar-refractivity contribution in [3.63, 3.8) is 0 Å². The van der Waals surface area contributed by atoms with Crippen LogP contribution in [0.3, 0.4) is 0 Å². The smallest absolute Gasteiger partial charge is 0.241 e. The topological polar surface area (TPSA) is 55.4 Å². The van der Waals surface area contributed by atoms with E-state index in [1.54, 1.807) is 19.2 Å². The third kappa shape index (κ3) is 3.51. The molecular weight excluding hydrogens is 310 g/mol. The maximum Gasteiger partial charge on any atom is 0.241 e. The van der Waals surface area contributed by atoms with Gasteiger partial charge in [-0.25, -0.2) is 13.1 Å². The lowest BCUT2D eigenvalue weighted by Crippen LogP contribution is -2.34. The highest BCUT2D eigenvalue weighted by Crippen LogP contribution is 2.31. The van der Waals surface area contributed by atoms with Crippen LogP contribution in [-0.4, -0.2) is 21.6 Å². The number of hydrogen-bond donors (Lipinski definition) is 1. The molecule has 0 aromatic heterocycles. The van der Waals surface area contributed by atoms with Crippen molar-refractivity contribution in [2.24, 2.45) is 0 Å². The molecule has 0 atom stereocenters. The minimum atomic E-state index is -3.53. The standard InChI is InChI=1S/C18H23NO3S/c1-22-17-12-13-18(16-11-7-6-10-15(16)17)23(20,21)19-14-8-4-2-3-5-9-14/h6-7,10-14,19H,2-5,8-9H2,1H3. The van der Waals surface area contributed by atoms with E-state index in [4.69, 9.17) is 4.74 Å². The van der Waals surface area contributed by atoms with Crippen LogP contribution in [0.4, 0.5) is 0 Å². The van der Waals surface area contributed by atoms with Crippen molar-refractivity contribution in [1.29, 1.82) is 0 Å². The molecule has 2 aromatic rings. The summed E-state index contributed by atoms with van der Waals surface area (Å²) in [6.07, 6.45) is 6.43. The quantitative estimate of drug-likeness (QED) is 0.865. The van der Waals surface area contributed by atoms with Crippen LogP contribution in [0.5, 0.6) is 5.75 Å². The van der Waals surface area contributed by atoms with E-state index in [0.717, 1.165) is 31.1 Å². The maximum absolute atomic E-state index is 12.9. The molecule has 2 aromatic carbocycles. The van der Waals surface area contributed by atoms with Gasteiger partial charge in [-0.1, -0.05) is 49.9 Å². The zero-order chi connectivity index (χ0) is 16.3. The summed E-state index contributed by atoms with van der Waals surface area (Å²) in [5.41, 5.74) is 0. The summed E-state index contributed by atoms with van der Waals surface area (Å²) in [6, 6.07) is 10.9. The molecule has 0 saturated heterocycles. The molecule has 0 heterocycles. The van der Waals surface area contributed by atoms with E-state index in [9.17, 15) is 8.42 Å². The van der Waals surface area contributed by atoms with Crippen LogP contribution in [0.1, 0.15) is 38.5 Å². The normalized spacial score (nSPS) is 17.1. The Morgan fingerprint density at radius 3 is 2.26 bits per heavy atom. The lowest BCUT2D eigenvalue weighted by Gasteiger charge is -2.18. The Hall–Kier alpha value is -1.59. The van der Waals surface area contributed by atoms with Gasteiger partial charge in [0.05, 0.1) is 12.0 Å². The van der Waals surface area contributed by atoms with E-state index in [0.29, 0.717) is 16.0 Å². The lowest BCUT2D eigenvalue weighted by molar-refractivity contribution is 0.419. The molecule has 124 valence electrons. The largest absolute Gasteiger partial charge is 0.496 e. The first-order valence-electron chi connectivity index (χ1n) is 8.20. The van der Waals surface area contributed by atoms with Gasteiger partial charge in [0.2, 0.25) is 10.0 Å². The predicted octanol–water partition coefficient (Wildman–Crippen LogP) is 3.85. The number of nitrogens with one attached hydrogen (secondary N) is 1. The second-order valence-electron chi connectivity index (χ2n) is 6.12. The van der Waals surface area contributed by atoms with Gasteiger partial charge in [-0.15, -0.1) is 0 Å². The van der Waals surface area contributed by atoms with Crippen molar-refractivity contribution in [2.45, 2.75) is 49.5 Å². The molecule has 1 aliphatic carbocycles. The zero-order valence-corrected chi connectivity index (χ0v) is 14.2. The van der Waals surface area contributed by atoms with Gasteiger partial charge in [0.15, 0.2) is 0 Å². The van der Waals surface area contributed by atoms with Crippen LogP contribution in [0.2, 0.25) is 0 Å². The Morgan fingerprint density at radius 2 is 1.61 bits per heavy atom. The number of fused-ring (bicyclic) bond motifs is 1. The molecule has 0 spiro atoms. The number of rotatable bonds is 4. The van der Waals surface area contributed by atoms with Gasteiger partial charge in [0.1, 0.15) is 5.75 Å². The van der Waals surface area contributed by atoms with E-state index in [1.165, 1.54) is 12.8 Å². The summed E-state index contributed by atoms with van der Waals surface area (Å²) in [6.45, 7) is 0. The predicted molar refractivity (Wildman–Crippen MR) is 92.3 cm³/mol. The summed E-state index contributed by atoms with van der Waals surface area (Å²) in [4.78, 5) is 0.332. The number of hydrogen-bond acceptors (Lipinski definition) is 3. The lowest BCUT2D eigenvalue weighted by atomic mass is 10.1. The van der Waals surface area contributed by atoms with Crippen molar-refractivity contribution in [3.05, 3.63) is 36.4 Å². The van der Waals surface area contributed by atoms with Crippen molar-refractivity contribution in [2.75, 3.05) is 7.11 Å². The monoisotopic (exact) mass is 333 g/mol. The minimum Gasteiger partial charge on any atom is -0.496 e. The van der Waals surface area contributed by atoms with Crippen LogP contribution < -0.4 is 9.46 Å². The highest BCUT2D eigenvalue weighted by molar-refractivity contribution is 7.89. The van der Waals surface area contributed by atoms with E-state index >= 15 is 0 Å². The van der Waals surface area contributed by atoms with Gasteiger partial charge in [0.25, 0.3) is 0 Å². The van der Waals surface area contributed by atoms with Gasteiger partial charge < -0.3 is 4.74 Å². The first-order chi connectivity index (χ1) is 11.1. The number of sulfonamides is 1. The average Bonchev–Trinajstić information content (AvgIpc) is 2.81. The van der Waals surface area contributed by atoms with Gasteiger partial charge in [-0.3, -0.25) is 0 Å². The molecule has 1 saturated carbocycles. The molecule has 0 aliphatic heterocycles. The SMILES string of the molecule is COc1ccc(S(=O)(=O)NC2CCCCCC2)c2ccccc12.